The van der Waals surface area contributed by atoms with Gasteiger partial charge in [0.05, 0.1) is 6.54 Å². The summed E-state index contributed by atoms with van der Waals surface area (Å²) in [6, 6.07) is 7.13. The Hall–Kier alpha value is -1.88. The van der Waals surface area contributed by atoms with Gasteiger partial charge in [-0.05, 0) is 38.3 Å². The summed E-state index contributed by atoms with van der Waals surface area (Å²) in [5.74, 6) is -1.06. The molecule has 0 spiro atoms. The number of hydrogen-bond donors (Lipinski definition) is 2. The fourth-order valence-corrected chi connectivity index (χ4v) is 2.20. The number of rotatable bonds is 6. The number of carboxylic acid groups (broad SMARTS) is 1. The number of carbonyl (C=O) groups excluding carboxylic acids is 1. The van der Waals surface area contributed by atoms with Crippen LogP contribution >= 0.6 is 0 Å². The minimum atomic E-state index is -0.888. The molecule has 5 heteroatoms. The molecular formula is C15H20N2O3. The van der Waals surface area contributed by atoms with Crippen LogP contribution in [0.1, 0.15) is 25.3 Å². The monoisotopic (exact) mass is 276 g/mol. The van der Waals surface area contributed by atoms with Gasteiger partial charge in [-0.1, -0.05) is 18.2 Å². The molecule has 0 radical (unpaired) electrons. The van der Waals surface area contributed by atoms with Crippen LogP contribution < -0.4 is 5.32 Å². The maximum absolute atomic E-state index is 12.1. The smallest absolute Gasteiger partial charge is 0.320 e. The van der Waals surface area contributed by atoms with E-state index in [9.17, 15) is 9.59 Å². The van der Waals surface area contributed by atoms with Gasteiger partial charge in [0.25, 0.3) is 0 Å². The number of anilines is 1. The van der Waals surface area contributed by atoms with Crippen LogP contribution in [-0.2, 0) is 9.59 Å². The van der Waals surface area contributed by atoms with E-state index in [1.165, 1.54) is 0 Å². The minimum absolute atomic E-state index is 0.118. The highest BCUT2D eigenvalue weighted by Gasteiger charge is 2.36. The first-order chi connectivity index (χ1) is 9.49. The quantitative estimate of drug-likeness (QED) is 0.832. The molecule has 1 saturated carbocycles. The van der Waals surface area contributed by atoms with Gasteiger partial charge >= 0.3 is 5.97 Å². The second kappa shape index (κ2) is 6.05. The van der Waals surface area contributed by atoms with Crippen LogP contribution in [0.2, 0.25) is 0 Å². The minimum Gasteiger partial charge on any atom is -0.480 e. The van der Waals surface area contributed by atoms with Gasteiger partial charge in [0.15, 0.2) is 0 Å². The molecule has 1 aliphatic carbocycles. The van der Waals surface area contributed by atoms with Crippen LogP contribution in [0.15, 0.2) is 24.3 Å². The molecule has 2 rings (SSSR count). The molecule has 0 bridgehead atoms. The Morgan fingerprint density at radius 3 is 2.60 bits per heavy atom. The molecule has 1 amide bonds. The average Bonchev–Trinajstić information content (AvgIpc) is 3.22. The molecule has 20 heavy (non-hydrogen) atoms. The summed E-state index contributed by atoms with van der Waals surface area (Å²) in [5.41, 5.74) is 1.77. The first-order valence-electron chi connectivity index (χ1n) is 6.83. The molecule has 1 fully saturated rings. The van der Waals surface area contributed by atoms with E-state index in [0.29, 0.717) is 0 Å². The van der Waals surface area contributed by atoms with Crippen molar-refractivity contribution in [1.29, 1.82) is 0 Å². The van der Waals surface area contributed by atoms with Gasteiger partial charge in [-0.2, -0.15) is 0 Å². The summed E-state index contributed by atoms with van der Waals surface area (Å²) in [5, 5.41) is 11.9. The summed E-state index contributed by atoms with van der Waals surface area (Å²) in [4.78, 5) is 24.9. The number of carboxylic acids is 1. The Morgan fingerprint density at radius 2 is 2.05 bits per heavy atom. The predicted molar refractivity (Wildman–Crippen MR) is 76.6 cm³/mol. The number of aryl methyl sites for hydroxylation is 1. The average molecular weight is 276 g/mol. The molecule has 5 nitrogen and oxygen atoms in total. The molecule has 0 heterocycles. The third kappa shape index (κ3) is 3.57. The largest absolute Gasteiger partial charge is 0.480 e. The van der Waals surface area contributed by atoms with Crippen molar-refractivity contribution in [2.75, 3.05) is 11.9 Å². The first-order valence-corrected chi connectivity index (χ1v) is 6.83. The highest BCUT2D eigenvalue weighted by molar-refractivity contribution is 5.93. The lowest BCUT2D eigenvalue weighted by Gasteiger charge is -2.25. The fraction of sp³-hybridized carbons (Fsp3) is 0.467. The number of aliphatic carboxylic acids is 1. The van der Waals surface area contributed by atoms with Gasteiger partial charge in [-0.3, -0.25) is 14.5 Å². The van der Waals surface area contributed by atoms with E-state index in [-0.39, 0.29) is 18.5 Å². The third-order valence-electron chi connectivity index (χ3n) is 3.62. The Kier molecular flexibility index (Phi) is 4.39. The molecule has 0 aromatic heterocycles. The zero-order valence-corrected chi connectivity index (χ0v) is 11.8. The maximum Gasteiger partial charge on any atom is 0.320 e. The third-order valence-corrected chi connectivity index (χ3v) is 3.62. The van der Waals surface area contributed by atoms with E-state index in [2.05, 4.69) is 5.32 Å². The van der Waals surface area contributed by atoms with Crippen molar-refractivity contribution in [2.24, 2.45) is 0 Å². The molecule has 2 N–H and O–H groups in total. The van der Waals surface area contributed by atoms with Crippen molar-refractivity contribution in [1.82, 2.24) is 4.90 Å². The van der Waals surface area contributed by atoms with E-state index < -0.39 is 12.0 Å². The summed E-state index contributed by atoms with van der Waals surface area (Å²) in [7, 11) is 0. The van der Waals surface area contributed by atoms with Crippen LogP contribution in [0.25, 0.3) is 0 Å². The number of carbonyl (C=O) groups is 2. The van der Waals surface area contributed by atoms with E-state index in [1.54, 1.807) is 11.8 Å². The SMILES string of the molecule is Cc1ccccc1NC(=O)CN(C1CC1)C(C)C(=O)O. The Labute approximate surface area is 118 Å². The van der Waals surface area contributed by atoms with Crippen molar-refractivity contribution < 1.29 is 14.7 Å². The van der Waals surface area contributed by atoms with Gasteiger partial charge in [0.1, 0.15) is 6.04 Å². The molecule has 1 aliphatic rings. The number of nitrogens with zero attached hydrogens (tertiary/aromatic N) is 1. The second-order valence-corrected chi connectivity index (χ2v) is 5.28. The number of nitrogens with one attached hydrogen (secondary N) is 1. The van der Waals surface area contributed by atoms with Crippen LogP contribution in [0.3, 0.4) is 0 Å². The van der Waals surface area contributed by atoms with Gasteiger partial charge in [-0.25, -0.2) is 0 Å². The summed E-state index contributed by atoms with van der Waals surface area (Å²) >= 11 is 0. The molecule has 0 saturated heterocycles. The molecule has 1 atom stereocenters. The topological polar surface area (TPSA) is 69.6 Å². The lowest BCUT2D eigenvalue weighted by molar-refractivity contribution is -0.143. The van der Waals surface area contributed by atoms with Crippen LogP contribution in [0.4, 0.5) is 5.69 Å². The number of hydrogen-bond acceptors (Lipinski definition) is 3. The highest BCUT2D eigenvalue weighted by Crippen LogP contribution is 2.28. The van der Waals surface area contributed by atoms with Gasteiger partial charge in [0, 0.05) is 11.7 Å². The molecular weight excluding hydrogens is 256 g/mol. The Morgan fingerprint density at radius 1 is 1.40 bits per heavy atom. The molecule has 1 aromatic rings. The maximum atomic E-state index is 12.1. The highest BCUT2D eigenvalue weighted by atomic mass is 16.4. The molecule has 0 aliphatic heterocycles. The molecule has 1 aromatic carbocycles. The first kappa shape index (κ1) is 14.5. The van der Waals surface area contributed by atoms with Crippen molar-refractivity contribution >= 4 is 17.6 Å². The zero-order valence-electron chi connectivity index (χ0n) is 11.8. The lowest BCUT2D eigenvalue weighted by Crippen LogP contribution is -2.44. The number of para-hydroxylation sites is 1. The van der Waals surface area contributed by atoms with E-state index in [1.807, 2.05) is 31.2 Å². The number of benzene rings is 1. The zero-order chi connectivity index (χ0) is 14.7. The Balaban J connectivity index is 1.99. The van der Waals surface area contributed by atoms with E-state index >= 15 is 0 Å². The van der Waals surface area contributed by atoms with Crippen LogP contribution in [-0.4, -0.2) is 40.5 Å². The van der Waals surface area contributed by atoms with Gasteiger partial charge in [-0.15, -0.1) is 0 Å². The van der Waals surface area contributed by atoms with Crippen LogP contribution in [0, 0.1) is 6.92 Å². The van der Waals surface area contributed by atoms with Crippen molar-refractivity contribution in [2.45, 2.75) is 38.8 Å². The molecule has 1 unspecified atom stereocenters. The summed E-state index contributed by atoms with van der Waals surface area (Å²) in [6.07, 6.45) is 1.94. The second-order valence-electron chi connectivity index (χ2n) is 5.28. The molecule has 108 valence electrons. The van der Waals surface area contributed by atoms with Gasteiger partial charge in [0.2, 0.25) is 5.91 Å². The fourth-order valence-electron chi connectivity index (χ4n) is 2.20. The van der Waals surface area contributed by atoms with Gasteiger partial charge < -0.3 is 10.4 Å². The number of amides is 1. The normalized spacial score (nSPS) is 15.9. The van der Waals surface area contributed by atoms with Crippen molar-refractivity contribution in [3.05, 3.63) is 29.8 Å². The van der Waals surface area contributed by atoms with Crippen molar-refractivity contribution in [3.8, 4) is 0 Å². The lowest BCUT2D eigenvalue weighted by atomic mass is 10.2. The van der Waals surface area contributed by atoms with Crippen molar-refractivity contribution in [3.63, 3.8) is 0 Å². The van der Waals surface area contributed by atoms with E-state index in [0.717, 1.165) is 24.1 Å². The predicted octanol–water partition coefficient (Wildman–Crippen LogP) is 1.87. The van der Waals surface area contributed by atoms with E-state index in [4.69, 9.17) is 5.11 Å². The standard InChI is InChI=1S/C15H20N2O3/c1-10-5-3-4-6-13(10)16-14(18)9-17(12-7-8-12)11(2)15(19)20/h3-6,11-12H,7-9H2,1-2H3,(H,16,18)(H,19,20). The Bertz CT molecular complexity index is 512. The summed E-state index contributed by atoms with van der Waals surface area (Å²) < 4.78 is 0. The van der Waals surface area contributed by atoms with Crippen LogP contribution in [0.5, 0.6) is 0 Å². The summed E-state index contributed by atoms with van der Waals surface area (Å²) in [6.45, 7) is 3.67.